The van der Waals surface area contributed by atoms with E-state index in [9.17, 15) is 0 Å². The number of hydrogen-bond donors (Lipinski definition) is 0. The topological polar surface area (TPSA) is 51.2 Å². The van der Waals surface area contributed by atoms with Crippen molar-refractivity contribution in [2.75, 3.05) is 18.1 Å². The van der Waals surface area contributed by atoms with Crippen LogP contribution in [0.2, 0.25) is 0 Å². The second-order valence-corrected chi connectivity index (χ2v) is 7.20. The molecule has 148 valence electrons. The van der Waals surface area contributed by atoms with Crippen molar-refractivity contribution >= 4 is 12.0 Å². The Morgan fingerprint density at radius 3 is 2.90 bits per heavy atom. The van der Waals surface area contributed by atoms with E-state index < -0.39 is 0 Å². The van der Waals surface area contributed by atoms with Gasteiger partial charge in [0.2, 0.25) is 0 Å². The largest absolute Gasteiger partial charge is 0.336 e. The van der Waals surface area contributed by atoms with Gasteiger partial charge in [-0.3, -0.25) is 9.67 Å². The number of aryl methyl sites for hydroxylation is 1. The molecule has 0 atom stereocenters. The Bertz CT molecular complexity index is 1090. The zero-order valence-corrected chi connectivity index (χ0v) is 17.3. The van der Waals surface area contributed by atoms with Crippen LogP contribution in [0.5, 0.6) is 0 Å². The second-order valence-electron chi connectivity index (χ2n) is 7.20. The number of imidazole rings is 1. The fourth-order valence-electron chi connectivity index (χ4n) is 3.54. The molecule has 2 aromatic heterocycles. The number of aromatic nitrogens is 4. The molecule has 1 aliphatic heterocycles. The van der Waals surface area contributed by atoms with E-state index in [2.05, 4.69) is 64.3 Å². The lowest BCUT2D eigenvalue weighted by Crippen LogP contribution is -2.27. The highest BCUT2D eigenvalue weighted by molar-refractivity contribution is 5.88. The summed E-state index contributed by atoms with van der Waals surface area (Å²) in [7, 11) is 0. The molecule has 0 N–H and O–H groups in total. The second kappa shape index (κ2) is 8.36. The molecule has 0 amide bonds. The summed E-state index contributed by atoms with van der Waals surface area (Å²) in [4.78, 5) is 11.7. The zero-order valence-electron chi connectivity index (χ0n) is 17.3. The first-order valence-corrected chi connectivity index (χ1v) is 10.1. The van der Waals surface area contributed by atoms with Crippen LogP contribution in [0.3, 0.4) is 0 Å². The van der Waals surface area contributed by atoms with Crippen LogP contribution in [0.15, 0.2) is 41.7 Å². The standard InChI is InChI=1S/C23H26N6/c1-4-11-29-21-15-24-17-27(5-2)23(21)26-22(29)20-14-25-28(16-20)12-7-10-19-9-6-8-18(3)13-19/h6,8-9,13-16H,4-5,11-12,17H2,1-3H3. The highest BCUT2D eigenvalue weighted by Gasteiger charge is 2.23. The number of aliphatic imine (C=N–C) groups is 1. The summed E-state index contributed by atoms with van der Waals surface area (Å²) in [6.07, 6.45) is 6.89. The molecule has 1 aliphatic rings. The van der Waals surface area contributed by atoms with E-state index in [1.807, 2.05) is 35.4 Å². The molecule has 3 heterocycles. The van der Waals surface area contributed by atoms with E-state index in [1.54, 1.807) is 0 Å². The van der Waals surface area contributed by atoms with Gasteiger partial charge in [-0.1, -0.05) is 30.9 Å². The minimum Gasteiger partial charge on any atom is -0.336 e. The third-order valence-corrected chi connectivity index (χ3v) is 4.97. The maximum atomic E-state index is 4.95. The van der Waals surface area contributed by atoms with Gasteiger partial charge in [-0.25, -0.2) is 4.98 Å². The maximum Gasteiger partial charge on any atom is 0.158 e. The average molecular weight is 387 g/mol. The van der Waals surface area contributed by atoms with Crippen LogP contribution in [0.25, 0.3) is 11.4 Å². The van der Waals surface area contributed by atoms with Crippen molar-refractivity contribution in [3.63, 3.8) is 0 Å². The van der Waals surface area contributed by atoms with Gasteiger partial charge in [0.1, 0.15) is 24.7 Å². The Kier molecular flexibility index (Phi) is 5.48. The minimum absolute atomic E-state index is 0.546. The number of benzene rings is 1. The number of fused-ring (bicyclic) bond motifs is 1. The molecule has 0 fully saturated rings. The molecule has 6 nitrogen and oxygen atoms in total. The molecule has 6 heteroatoms. The van der Waals surface area contributed by atoms with E-state index in [0.29, 0.717) is 13.2 Å². The number of hydrogen-bond acceptors (Lipinski definition) is 4. The highest BCUT2D eigenvalue weighted by Crippen LogP contribution is 2.29. The van der Waals surface area contributed by atoms with Crippen molar-refractivity contribution in [2.24, 2.45) is 4.99 Å². The SMILES string of the molecule is CCCn1c(-c2cnn(CC#Cc3cccc(C)c3)c2)nc2c1C=NCN2CC. The van der Waals surface area contributed by atoms with Gasteiger partial charge in [0.05, 0.1) is 18.0 Å². The molecule has 0 unspecified atom stereocenters. The van der Waals surface area contributed by atoms with Crippen LogP contribution in [-0.4, -0.2) is 38.8 Å². The molecule has 0 saturated carbocycles. The Morgan fingerprint density at radius 1 is 1.21 bits per heavy atom. The van der Waals surface area contributed by atoms with E-state index in [4.69, 9.17) is 4.98 Å². The van der Waals surface area contributed by atoms with E-state index in [1.165, 1.54) is 5.56 Å². The Morgan fingerprint density at radius 2 is 2.10 bits per heavy atom. The molecular formula is C23H26N6. The lowest BCUT2D eigenvalue weighted by molar-refractivity contribution is 0.679. The highest BCUT2D eigenvalue weighted by atomic mass is 15.3. The van der Waals surface area contributed by atoms with Crippen molar-refractivity contribution < 1.29 is 0 Å². The summed E-state index contributed by atoms with van der Waals surface area (Å²) < 4.78 is 4.12. The average Bonchev–Trinajstić information content (AvgIpc) is 3.33. The Labute approximate surface area is 171 Å². The van der Waals surface area contributed by atoms with Gasteiger partial charge in [-0.05, 0) is 38.0 Å². The molecule has 0 aliphatic carbocycles. The quantitative estimate of drug-likeness (QED) is 0.628. The first-order chi connectivity index (χ1) is 14.2. The third kappa shape index (κ3) is 3.95. The van der Waals surface area contributed by atoms with E-state index in [-0.39, 0.29) is 0 Å². The van der Waals surface area contributed by atoms with E-state index >= 15 is 0 Å². The van der Waals surface area contributed by atoms with Gasteiger partial charge in [-0.15, -0.1) is 0 Å². The van der Waals surface area contributed by atoms with Crippen molar-refractivity contribution in [3.05, 3.63) is 53.5 Å². The minimum atomic E-state index is 0.546. The first-order valence-electron chi connectivity index (χ1n) is 10.1. The fraction of sp³-hybridized carbons (Fsp3) is 0.348. The van der Waals surface area contributed by atoms with Crippen molar-refractivity contribution in [1.82, 2.24) is 19.3 Å². The van der Waals surface area contributed by atoms with Crippen LogP contribution in [0, 0.1) is 18.8 Å². The molecule has 4 rings (SSSR count). The third-order valence-electron chi connectivity index (χ3n) is 4.97. The number of anilines is 1. The van der Waals surface area contributed by atoms with Crippen LogP contribution in [0.4, 0.5) is 5.82 Å². The van der Waals surface area contributed by atoms with Gasteiger partial charge in [0.25, 0.3) is 0 Å². The summed E-state index contributed by atoms with van der Waals surface area (Å²) in [5.41, 5.74) is 4.34. The van der Waals surface area contributed by atoms with Gasteiger partial charge in [0, 0.05) is 24.8 Å². The predicted molar refractivity (Wildman–Crippen MR) is 117 cm³/mol. The van der Waals surface area contributed by atoms with Gasteiger partial charge in [0.15, 0.2) is 5.82 Å². The van der Waals surface area contributed by atoms with Crippen LogP contribution < -0.4 is 4.90 Å². The Hall–Kier alpha value is -3.33. The molecule has 3 aromatic rings. The number of nitrogens with zero attached hydrogens (tertiary/aromatic N) is 6. The monoisotopic (exact) mass is 386 g/mol. The normalized spacial score (nSPS) is 12.6. The predicted octanol–water partition coefficient (Wildman–Crippen LogP) is 3.73. The first kappa shape index (κ1) is 19.0. The molecule has 0 spiro atoms. The van der Waals surface area contributed by atoms with Crippen LogP contribution in [0.1, 0.15) is 37.1 Å². The van der Waals surface area contributed by atoms with Crippen molar-refractivity contribution in [3.8, 4) is 23.2 Å². The molecule has 1 aromatic carbocycles. The smallest absolute Gasteiger partial charge is 0.158 e. The Balaban J connectivity index is 1.60. The van der Waals surface area contributed by atoms with E-state index in [0.717, 1.165) is 48.0 Å². The van der Waals surface area contributed by atoms with Gasteiger partial charge >= 0.3 is 0 Å². The van der Waals surface area contributed by atoms with Crippen LogP contribution >= 0.6 is 0 Å². The van der Waals surface area contributed by atoms with Crippen molar-refractivity contribution in [1.29, 1.82) is 0 Å². The van der Waals surface area contributed by atoms with Gasteiger partial charge < -0.3 is 9.47 Å². The summed E-state index contributed by atoms with van der Waals surface area (Å²) in [5, 5.41) is 4.50. The molecule has 0 radical (unpaired) electrons. The summed E-state index contributed by atoms with van der Waals surface area (Å²) in [6.45, 7) is 9.39. The zero-order chi connectivity index (χ0) is 20.2. The molecule has 0 bridgehead atoms. The summed E-state index contributed by atoms with van der Waals surface area (Å²) >= 11 is 0. The fourth-order valence-corrected chi connectivity index (χ4v) is 3.54. The van der Waals surface area contributed by atoms with Gasteiger partial charge in [-0.2, -0.15) is 5.10 Å². The summed E-state index contributed by atoms with van der Waals surface area (Å²) in [5.74, 6) is 8.38. The molecule has 0 saturated heterocycles. The lowest BCUT2D eigenvalue weighted by atomic mass is 10.1. The lowest BCUT2D eigenvalue weighted by Gasteiger charge is -2.22. The molecular weight excluding hydrogens is 360 g/mol. The van der Waals surface area contributed by atoms with Crippen molar-refractivity contribution in [2.45, 2.75) is 40.3 Å². The maximum absolute atomic E-state index is 4.95. The number of rotatable bonds is 5. The van der Waals surface area contributed by atoms with Crippen LogP contribution in [-0.2, 0) is 13.1 Å². The summed E-state index contributed by atoms with van der Waals surface area (Å²) in [6, 6.07) is 8.23. The molecule has 29 heavy (non-hydrogen) atoms.